The number of aliphatic hydroxyl groups is 1. The van der Waals surface area contributed by atoms with E-state index in [2.05, 4.69) is 41.1 Å². The van der Waals surface area contributed by atoms with Crippen molar-refractivity contribution in [3.8, 4) is 0 Å². The maximum atomic E-state index is 9.65. The number of hydrogen-bond donors (Lipinski definition) is 1. The molecular formula is C17H20N2O. The monoisotopic (exact) mass is 268 g/mol. The largest absolute Gasteiger partial charge is 0.389 e. The number of aromatic nitrogens is 1. The maximum absolute atomic E-state index is 9.65. The third kappa shape index (κ3) is 2.29. The van der Waals surface area contributed by atoms with Crippen LogP contribution in [0.3, 0.4) is 0 Å². The molecule has 0 bridgehead atoms. The summed E-state index contributed by atoms with van der Waals surface area (Å²) in [6.07, 6.45) is 3.60. The van der Waals surface area contributed by atoms with E-state index in [4.69, 9.17) is 0 Å². The van der Waals surface area contributed by atoms with Gasteiger partial charge in [-0.2, -0.15) is 0 Å². The average molecular weight is 268 g/mol. The molecule has 0 aliphatic carbocycles. The lowest BCUT2D eigenvalue weighted by molar-refractivity contribution is 0.199. The summed E-state index contributed by atoms with van der Waals surface area (Å²) >= 11 is 0. The van der Waals surface area contributed by atoms with Crippen LogP contribution in [0.25, 0.3) is 0 Å². The molecule has 1 aliphatic heterocycles. The van der Waals surface area contributed by atoms with Gasteiger partial charge in [-0.3, -0.25) is 0 Å². The van der Waals surface area contributed by atoms with Crippen LogP contribution in [-0.4, -0.2) is 16.6 Å². The summed E-state index contributed by atoms with van der Waals surface area (Å²) in [6, 6.07) is 10.6. The van der Waals surface area contributed by atoms with Gasteiger partial charge in [0, 0.05) is 18.4 Å². The van der Waals surface area contributed by atoms with Gasteiger partial charge >= 0.3 is 0 Å². The van der Waals surface area contributed by atoms with E-state index in [1.54, 1.807) is 13.1 Å². The molecule has 3 heteroatoms. The molecule has 1 aromatic carbocycles. The molecular weight excluding hydrogens is 248 g/mol. The first kappa shape index (κ1) is 13.1. The van der Waals surface area contributed by atoms with Gasteiger partial charge in [-0.15, -0.1) is 0 Å². The molecule has 20 heavy (non-hydrogen) atoms. The zero-order chi connectivity index (χ0) is 14.1. The Morgan fingerprint density at radius 2 is 2.10 bits per heavy atom. The Morgan fingerprint density at radius 1 is 1.30 bits per heavy atom. The molecule has 3 rings (SSSR count). The van der Waals surface area contributed by atoms with Gasteiger partial charge in [0.15, 0.2) is 0 Å². The summed E-state index contributed by atoms with van der Waals surface area (Å²) in [5.41, 5.74) is 4.63. The highest BCUT2D eigenvalue weighted by Crippen LogP contribution is 2.34. The van der Waals surface area contributed by atoms with Crippen molar-refractivity contribution in [2.24, 2.45) is 0 Å². The fraction of sp³-hybridized carbons (Fsp3) is 0.353. The van der Waals surface area contributed by atoms with Crippen LogP contribution in [0.15, 0.2) is 36.5 Å². The van der Waals surface area contributed by atoms with Crippen LogP contribution in [0.5, 0.6) is 0 Å². The lowest BCUT2D eigenvalue weighted by Crippen LogP contribution is -2.26. The standard InChI is InChI=1S/C17H20N2O/c1-12-10-15(13(2)20)11-18-17(12)19-9-5-7-14-6-3-4-8-16(14)19/h3-4,6,8,10-11,13,20H,5,7,9H2,1-2H3/t13-/m0/s1. The summed E-state index contributed by atoms with van der Waals surface area (Å²) in [7, 11) is 0. The smallest absolute Gasteiger partial charge is 0.135 e. The molecule has 3 nitrogen and oxygen atoms in total. The minimum atomic E-state index is -0.469. The van der Waals surface area contributed by atoms with E-state index in [9.17, 15) is 5.11 Å². The molecule has 0 radical (unpaired) electrons. The molecule has 1 atom stereocenters. The molecule has 0 amide bonds. The number of aryl methyl sites for hydroxylation is 2. The quantitative estimate of drug-likeness (QED) is 0.905. The Kier molecular flexibility index (Phi) is 3.45. The molecule has 1 N–H and O–H groups in total. The zero-order valence-corrected chi connectivity index (χ0v) is 12.0. The topological polar surface area (TPSA) is 36.4 Å². The summed E-state index contributed by atoms with van der Waals surface area (Å²) in [6.45, 7) is 4.83. The summed E-state index contributed by atoms with van der Waals surface area (Å²) in [5, 5.41) is 9.65. The maximum Gasteiger partial charge on any atom is 0.135 e. The molecule has 0 saturated carbocycles. The van der Waals surface area contributed by atoms with Gasteiger partial charge in [-0.1, -0.05) is 18.2 Å². The van der Waals surface area contributed by atoms with Gasteiger partial charge in [0.25, 0.3) is 0 Å². The van der Waals surface area contributed by atoms with E-state index in [0.29, 0.717) is 0 Å². The van der Waals surface area contributed by atoms with Gasteiger partial charge in [-0.25, -0.2) is 4.98 Å². The van der Waals surface area contributed by atoms with Gasteiger partial charge < -0.3 is 10.0 Å². The van der Waals surface area contributed by atoms with E-state index < -0.39 is 6.10 Å². The van der Waals surface area contributed by atoms with Gasteiger partial charge in [-0.05, 0) is 55.5 Å². The number of anilines is 2. The summed E-state index contributed by atoms with van der Waals surface area (Å²) < 4.78 is 0. The number of hydrogen-bond acceptors (Lipinski definition) is 3. The van der Waals surface area contributed by atoms with Crippen molar-refractivity contribution < 1.29 is 5.11 Å². The van der Waals surface area contributed by atoms with Crippen LogP contribution >= 0.6 is 0 Å². The Hall–Kier alpha value is -1.87. The van der Waals surface area contributed by atoms with Crippen molar-refractivity contribution >= 4 is 11.5 Å². The number of nitrogens with zero attached hydrogens (tertiary/aromatic N) is 2. The minimum absolute atomic E-state index is 0.469. The van der Waals surface area contributed by atoms with Crippen LogP contribution in [0.4, 0.5) is 11.5 Å². The van der Waals surface area contributed by atoms with Gasteiger partial charge in [0.1, 0.15) is 5.82 Å². The molecule has 0 saturated heterocycles. The Balaban J connectivity index is 2.02. The Morgan fingerprint density at radius 3 is 2.85 bits per heavy atom. The first-order valence-electron chi connectivity index (χ1n) is 7.17. The van der Waals surface area contributed by atoms with Crippen molar-refractivity contribution in [2.45, 2.75) is 32.8 Å². The van der Waals surface area contributed by atoms with Crippen molar-refractivity contribution in [3.63, 3.8) is 0 Å². The normalized spacial score (nSPS) is 15.8. The summed E-state index contributed by atoms with van der Waals surface area (Å²) in [4.78, 5) is 6.88. The van der Waals surface area contributed by atoms with E-state index in [1.165, 1.54) is 11.3 Å². The highest BCUT2D eigenvalue weighted by Gasteiger charge is 2.20. The lowest BCUT2D eigenvalue weighted by atomic mass is 10.0. The van der Waals surface area contributed by atoms with E-state index in [-0.39, 0.29) is 0 Å². The molecule has 2 aromatic rings. The average Bonchev–Trinajstić information content (AvgIpc) is 2.46. The number of benzene rings is 1. The van der Waals surface area contributed by atoms with E-state index in [0.717, 1.165) is 36.3 Å². The highest BCUT2D eigenvalue weighted by molar-refractivity contribution is 5.67. The molecule has 1 aliphatic rings. The van der Waals surface area contributed by atoms with Crippen molar-refractivity contribution in [2.75, 3.05) is 11.4 Å². The van der Waals surface area contributed by atoms with Gasteiger partial charge in [0.2, 0.25) is 0 Å². The fourth-order valence-corrected chi connectivity index (χ4v) is 2.85. The second kappa shape index (κ2) is 5.25. The molecule has 0 fully saturated rings. The Bertz CT molecular complexity index is 622. The molecule has 2 heterocycles. The number of fused-ring (bicyclic) bond motifs is 1. The van der Waals surface area contributed by atoms with Crippen molar-refractivity contribution in [1.29, 1.82) is 0 Å². The van der Waals surface area contributed by atoms with E-state index in [1.807, 2.05) is 6.07 Å². The third-order valence-corrected chi connectivity index (χ3v) is 3.92. The fourth-order valence-electron chi connectivity index (χ4n) is 2.85. The highest BCUT2D eigenvalue weighted by atomic mass is 16.3. The molecule has 1 aromatic heterocycles. The first-order chi connectivity index (χ1) is 9.66. The summed E-state index contributed by atoms with van der Waals surface area (Å²) in [5.74, 6) is 1.00. The molecule has 0 spiro atoms. The molecule has 0 unspecified atom stereocenters. The van der Waals surface area contributed by atoms with Crippen LogP contribution in [0.1, 0.15) is 36.1 Å². The molecule has 104 valence electrons. The number of aliphatic hydroxyl groups excluding tert-OH is 1. The van der Waals surface area contributed by atoms with Crippen molar-refractivity contribution in [3.05, 3.63) is 53.2 Å². The van der Waals surface area contributed by atoms with Crippen LogP contribution in [0.2, 0.25) is 0 Å². The second-order valence-electron chi connectivity index (χ2n) is 5.47. The lowest BCUT2D eigenvalue weighted by Gasteiger charge is -2.31. The first-order valence-corrected chi connectivity index (χ1v) is 7.17. The van der Waals surface area contributed by atoms with Crippen LogP contribution in [0, 0.1) is 6.92 Å². The second-order valence-corrected chi connectivity index (χ2v) is 5.47. The Labute approximate surface area is 119 Å². The van der Waals surface area contributed by atoms with E-state index >= 15 is 0 Å². The van der Waals surface area contributed by atoms with Gasteiger partial charge in [0.05, 0.1) is 6.10 Å². The number of pyridine rings is 1. The minimum Gasteiger partial charge on any atom is -0.389 e. The predicted octanol–water partition coefficient (Wildman–Crippen LogP) is 3.53. The number of rotatable bonds is 2. The van der Waals surface area contributed by atoms with Crippen LogP contribution in [-0.2, 0) is 6.42 Å². The zero-order valence-electron chi connectivity index (χ0n) is 12.0. The predicted molar refractivity (Wildman–Crippen MR) is 81.4 cm³/mol. The van der Waals surface area contributed by atoms with Crippen molar-refractivity contribution in [1.82, 2.24) is 4.98 Å². The SMILES string of the molecule is Cc1cc([C@H](C)O)cnc1N1CCCc2ccccc21. The number of para-hydroxylation sites is 1. The van der Waals surface area contributed by atoms with Crippen LogP contribution < -0.4 is 4.90 Å². The third-order valence-electron chi connectivity index (χ3n) is 3.92.